The van der Waals surface area contributed by atoms with E-state index in [1.807, 2.05) is 25.1 Å². The molecule has 0 aliphatic rings. The topological polar surface area (TPSA) is 26.3 Å². The fraction of sp³-hybridized carbons (Fsp3) is 0.364. The molecule has 1 rings (SSSR count). The van der Waals surface area contributed by atoms with E-state index in [0.29, 0.717) is 0 Å². The van der Waals surface area contributed by atoms with E-state index in [1.54, 1.807) is 0 Å². The molecule has 1 aromatic rings. The van der Waals surface area contributed by atoms with Crippen LogP contribution < -0.4 is 3.61 Å². The van der Waals surface area contributed by atoms with E-state index in [1.165, 1.54) is 10.7 Å². The number of hydrogen-bond acceptors (Lipinski definition) is 2. The number of esters is 1. The Labute approximate surface area is 94.7 Å². The molecule has 0 bridgehead atoms. The second-order valence-corrected chi connectivity index (χ2v) is 6.17. The molecule has 0 fully saturated rings. The fourth-order valence-electron chi connectivity index (χ4n) is 1.01. The molecule has 0 N–H and O–H groups in total. The van der Waals surface area contributed by atoms with E-state index in [-0.39, 0.29) is 32.8 Å². The SMILES string of the molecule is COC(=O)C(C)C[Te]c1ccccc1. The average molecular weight is 306 g/mol. The van der Waals surface area contributed by atoms with Gasteiger partial charge in [-0.3, -0.25) is 0 Å². The third-order valence-corrected chi connectivity index (χ3v) is 5.48. The normalized spacial score (nSPS) is 12.1. The summed E-state index contributed by atoms with van der Waals surface area (Å²) >= 11 is -0.232. The van der Waals surface area contributed by atoms with Gasteiger partial charge in [0, 0.05) is 0 Å². The third kappa shape index (κ3) is 3.69. The molecule has 1 aromatic carbocycles. The second kappa shape index (κ2) is 6.06. The van der Waals surface area contributed by atoms with Gasteiger partial charge >= 0.3 is 94.8 Å². The molecule has 76 valence electrons. The Morgan fingerprint density at radius 1 is 1.43 bits per heavy atom. The summed E-state index contributed by atoms with van der Waals surface area (Å²) < 4.78 is 7.05. The van der Waals surface area contributed by atoms with Crippen LogP contribution in [0.25, 0.3) is 0 Å². The molecular weight excluding hydrogens is 292 g/mol. The summed E-state index contributed by atoms with van der Waals surface area (Å²) in [6.45, 7) is 1.93. The van der Waals surface area contributed by atoms with Crippen molar-refractivity contribution in [3.05, 3.63) is 30.3 Å². The van der Waals surface area contributed by atoms with Gasteiger partial charge in [-0.15, -0.1) is 0 Å². The molecule has 0 amide bonds. The summed E-state index contributed by atoms with van der Waals surface area (Å²) in [4.78, 5) is 11.1. The summed E-state index contributed by atoms with van der Waals surface area (Å²) in [5, 5.41) is 0. The first kappa shape index (κ1) is 11.6. The number of benzene rings is 1. The molecule has 3 heteroatoms. The van der Waals surface area contributed by atoms with Gasteiger partial charge in [-0.25, -0.2) is 0 Å². The zero-order valence-corrected chi connectivity index (χ0v) is 10.7. The Hall–Kier alpha value is -0.520. The van der Waals surface area contributed by atoms with Gasteiger partial charge < -0.3 is 0 Å². The van der Waals surface area contributed by atoms with E-state index in [0.717, 1.165) is 4.47 Å². The monoisotopic (exact) mass is 308 g/mol. The second-order valence-electron chi connectivity index (χ2n) is 3.05. The van der Waals surface area contributed by atoms with Crippen molar-refractivity contribution in [2.75, 3.05) is 7.11 Å². The summed E-state index contributed by atoms with van der Waals surface area (Å²) in [5.41, 5.74) is 0. The van der Waals surface area contributed by atoms with Crippen molar-refractivity contribution in [3.8, 4) is 0 Å². The van der Waals surface area contributed by atoms with Gasteiger partial charge in [0.05, 0.1) is 0 Å². The van der Waals surface area contributed by atoms with Crippen molar-refractivity contribution >= 4 is 30.5 Å². The van der Waals surface area contributed by atoms with E-state index >= 15 is 0 Å². The molecule has 0 aliphatic heterocycles. The van der Waals surface area contributed by atoms with Gasteiger partial charge in [0.1, 0.15) is 0 Å². The van der Waals surface area contributed by atoms with Crippen molar-refractivity contribution < 1.29 is 9.53 Å². The predicted molar refractivity (Wildman–Crippen MR) is 57.8 cm³/mol. The quantitative estimate of drug-likeness (QED) is 0.618. The van der Waals surface area contributed by atoms with Crippen molar-refractivity contribution in [2.45, 2.75) is 11.4 Å². The number of rotatable bonds is 4. The van der Waals surface area contributed by atoms with Crippen LogP contribution in [0.1, 0.15) is 6.92 Å². The number of ether oxygens (including phenoxy) is 1. The average Bonchev–Trinajstić information content (AvgIpc) is 2.26. The maximum absolute atomic E-state index is 11.1. The molecule has 2 nitrogen and oxygen atoms in total. The predicted octanol–water partition coefficient (Wildman–Crippen LogP) is 1.24. The molecule has 0 saturated carbocycles. The Kier molecular flexibility index (Phi) is 5.00. The number of hydrogen-bond donors (Lipinski definition) is 0. The van der Waals surface area contributed by atoms with Gasteiger partial charge in [0.15, 0.2) is 0 Å². The van der Waals surface area contributed by atoms with Gasteiger partial charge in [0.25, 0.3) is 0 Å². The van der Waals surface area contributed by atoms with Crippen LogP contribution >= 0.6 is 0 Å². The van der Waals surface area contributed by atoms with Crippen LogP contribution in [0.4, 0.5) is 0 Å². The van der Waals surface area contributed by atoms with Gasteiger partial charge in [-0.1, -0.05) is 0 Å². The van der Waals surface area contributed by atoms with Crippen molar-refractivity contribution in [2.24, 2.45) is 5.92 Å². The van der Waals surface area contributed by atoms with Crippen LogP contribution in [0.15, 0.2) is 30.3 Å². The first-order valence-electron chi connectivity index (χ1n) is 4.49. The van der Waals surface area contributed by atoms with E-state index in [9.17, 15) is 4.79 Å². The van der Waals surface area contributed by atoms with Crippen LogP contribution in [0.3, 0.4) is 0 Å². The molecule has 14 heavy (non-hydrogen) atoms. The molecule has 1 unspecified atom stereocenters. The van der Waals surface area contributed by atoms with Gasteiger partial charge in [-0.2, -0.15) is 0 Å². The molecule has 0 heterocycles. The van der Waals surface area contributed by atoms with Crippen molar-refractivity contribution in [1.82, 2.24) is 0 Å². The Bertz CT molecular complexity index is 285. The van der Waals surface area contributed by atoms with Crippen LogP contribution in [0.5, 0.6) is 0 Å². The molecule has 0 saturated heterocycles. The fourth-order valence-corrected chi connectivity index (χ4v) is 3.66. The summed E-state index contributed by atoms with van der Waals surface area (Å²) in [6.07, 6.45) is 0. The zero-order valence-electron chi connectivity index (χ0n) is 8.40. The number of carbonyl (C=O) groups is 1. The van der Waals surface area contributed by atoms with Crippen LogP contribution in [-0.2, 0) is 9.53 Å². The molecular formula is C11H14O2Te. The van der Waals surface area contributed by atoms with Crippen molar-refractivity contribution in [3.63, 3.8) is 0 Å². The minimum atomic E-state index is -0.232. The van der Waals surface area contributed by atoms with Crippen molar-refractivity contribution in [1.29, 1.82) is 0 Å². The van der Waals surface area contributed by atoms with E-state index < -0.39 is 0 Å². The Balaban J connectivity index is 2.38. The molecule has 1 atom stereocenters. The first-order valence-corrected chi connectivity index (χ1v) is 7.31. The minimum absolute atomic E-state index is 0.0441. The van der Waals surface area contributed by atoms with Crippen LogP contribution in [0, 0.1) is 5.92 Å². The van der Waals surface area contributed by atoms with E-state index in [2.05, 4.69) is 16.9 Å². The molecule has 0 aliphatic carbocycles. The van der Waals surface area contributed by atoms with Crippen LogP contribution in [-0.4, -0.2) is 34.0 Å². The molecule has 0 radical (unpaired) electrons. The zero-order chi connectivity index (χ0) is 10.4. The maximum atomic E-state index is 11.1. The number of methoxy groups -OCH3 is 1. The van der Waals surface area contributed by atoms with Gasteiger partial charge in [0.2, 0.25) is 0 Å². The van der Waals surface area contributed by atoms with E-state index in [4.69, 9.17) is 0 Å². The molecule has 0 spiro atoms. The summed E-state index contributed by atoms with van der Waals surface area (Å²) in [7, 11) is 1.45. The molecule has 0 aromatic heterocycles. The standard InChI is InChI=1S/C11H14O2Te/c1-9(11(12)13-2)8-14-10-6-4-3-5-7-10/h3-7,9H,8H2,1-2H3. The van der Waals surface area contributed by atoms with Crippen LogP contribution in [0.2, 0.25) is 4.47 Å². The number of carbonyl (C=O) groups excluding carboxylic acids is 1. The van der Waals surface area contributed by atoms with Gasteiger partial charge in [-0.05, 0) is 0 Å². The summed E-state index contributed by atoms with van der Waals surface area (Å²) in [6, 6.07) is 10.4. The summed E-state index contributed by atoms with van der Waals surface area (Å²) in [5.74, 6) is -0.0476. The first-order chi connectivity index (χ1) is 6.74. The Morgan fingerprint density at radius 3 is 2.64 bits per heavy atom. The third-order valence-electron chi connectivity index (χ3n) is 1.85. The Morgan fingerprint density at radius 2 is 2.07 bits per heavy atom.